The Morgan fingerprint density at radius 3 is 2.47 bits per heavy atom. The van der Waals surface area contributed by atoms with Gasteiger partial charge in [0.15, 0.2) is 0 Å². The van der Waals surface area contributed by atoms with Crippen LogP contribution in [-0.2, 0) is 9.53 Å². The summed E-state index contributed by atoms with van der Waals surface area (Å²) in [6.07, 6.45) is 10.0. The summed E-state index contributed by atoms with van der Waals surface area (Å²) in [7, 11) is 1.51. The van der Waals surface area contributed by atoms with Crippen LogP contribution >= 0.6 is 0 Å². The number of hydrogen-bond donors (Lipinski definition) is 1. The fourth-order valence-corrected chi connectivity index (χ4v) is 4.72. The normalized spacial score (nSPS) is 36.2. The summed E-state index contributed by atoms with van der Waals surface area (Å²) in [5.74, 6) is 3.19. The first-order valence-corrected chi connectivity index (χ1v) is 7.95. The average molecular weight is 265 g/mol. The monoisotopic (exact) mass is 265 g/mol. The van der Waals surface area contributed by atoms with Gasteiger partial charge in [-0.25, -0.2) is 0 Å². The van der Waals surface area contributed by atoms with E-state index in [0.717, 1.165) is 36.5 Å². The summed E-state index contributed by atoms with van der Waals surface area (Å²) in [6, 6.07) is 0. The second-order valence-corrected chi connectivity index (χ2v) is 7.26. The van der Waals surface area contributed by atoms with Crippen molar-refractivity contribution in [3.63, 3.8) is 0 Å². The average Bonchev–Trinajstić information content (AvgIpc) is 2.99. The molecule has 0 spiro atoms. The minimum absolute atomic E-state index is 0.0512. The highest BCUT2D eigenvalue weighted by Crippen LogP contribution is 2.53. The summed E-state index contributed by atoms with van der Waals surface area (Å²) >= 11 is 0. The zero-order chi connectivity index (χ0) is 13.5. The Balaban J connectivity index is 1.71. The quantitative estimate of drug-likeness (QED) is 0.751. The van der Waals surface area contributed by atoms with E-state index in [9.17, 15) is 4.79 Å². The van der Waals surface area contributed by atoms with Crippen molar-refractivity contribution in [1.29, 1.82) is 0 Å². The molecule has 3 nitrogen and oxygen atoms in total. The summed E-state index contributed by atoms with van der Waals surface area (Å²) in [5, 5.41) is 0. The molecule has 4 unspecified atom stereocenters. The number of carbonyl (C=O) groups is 1. The highest BCUT2D eigenvalue weighted by atomic mass is 16.5. The molecule has 3 heteroatoms. The lowest BCUT2D eigenvalue weighted by Crippen LogP contribution is -2.42. The Kier molecular flexibility index (Phi) is 3.59. The number of rotatable bonds is 6. The van der Waals surface area contributed by atoms with Gasteiger partial charge in [-0.05, 0) is 55.8 Å². The predicted octanol–water partition coefficient (Wildman–Crippen LogP) is 2.73. The summed E-state index contributed by atoms with van der Waals surface area (Å²) < 4.78 is 5.11. The molecule has 3 rings (SSSR count). The van der Waals surface area contributed by atoms with Crippen LogP contribution in [0.25, 0.3) is 0 Å². The molecule has 0 amide bonds. The van der Waals surface area contributed by atoms with Crippen LogP contribution in [0.4, 0.5) is 0 Å². The SMILES string of the molecule is COC(=O)C(CN)(CC1CC1)CC1CC2CCC1C2. The highest BCUT2D eigenvalue weighted by Gasteiger charge is 2.48. The number of esters is 1. The smallest absolute Gasteiger partial charge is 0.313 e. The van der Waals surface area contributed by atoms with Gasteiger partial charge in [-0.15, -0.1) is 0 Å². The predicted molar refractivity (Wildman–Crippen MR) is 74.4 cm³/mol. The summed E-state index contributed by atoms with van der Waals surface area (Å²) in [6.45, 7) is 0.462. The molecule has 0 heterocycles. The molecule has 3 aliphatic rings. The lowest BCUT2D eigenvalue weighted by molar-refractivity contribution is -0.154. The molecule has 0 saturated heterocycles. The van der Waals surface area contributed by atoms with Crippen LogP contribution in [0.5, 0.6) is 0 Å². The number of hydrogen-bond acceptors (Lipinski definition) is 3. The lowest BCUT2D eigenvalue weighted by Gasteiger charge is -2.35. The van der Waals surface area contributed by atoms with E-state index in [0.29, 0.717) is 6.54 Å². The van der Waals surface area contributed by atoms with Gasteiger partial charge in [0.05, 0.1) is 12.5 Å². The number of methoxy groups -OCH3 is 1. The first-order valence-electron chi connectivity index (χ1n) is 7.95. The zero-order valence-corrected chi connectivity index (χ0v) is 12.1. The van der Waals surface area contributed by atoms with Crippen molar-refractivity contribution in [2.75, 3.05) is 13.7 Å². The van der Waals surface area contributed by atoms with Gasteiger partial charge < -0.3 is 10.5 Å². The molecule has 108 valence electrons. The van der Waals surface area contributed by atoms with Gasteiger partial charge in [0.25, 0.3) is 0 Å². The Morgan fingerprint density at radius 1 is 1.21 bits per heavy atom. The van der Waals surface area contributed by atoms with E-state index in [1.807, 2.05) is 0 Å². The third kappa shape index (κ3) is 2.54. The van der Waals surface area contributed by atoms with Crippen LogP contribution in [0.2, 0.25) is 0 Å². The van der Waals surface area contributed by atoms with Crippen LogP contribution in [-0.4, -0.2) is 19.6 Å². The van der Waals surface area contributed by atoms with Crippen molar-refractivity contribution in [3.05, 3.63) is 0 Å². The maximum Gasteiger partial charge on any atom is 0.313 e. The Labute approximate surface area is 116 Å². The third-order valence-corrected chi connectivity index (χ3v) is 5.92. The molecular weight excluding hydrogens is 238 g/mol. The minimum Gasteiger partial charge on any atom is -0.469 e. The molecule has 2 N–H and O–H groups in total. The fourth-order valence-electron chi connectivity index (χ4n) is 4.72. The van der Waals surface area contributed by atoms with Gasteiger partial charge in [-0.3, -0.25) is 4.79 Å². The van der Waals surface area contributed by atoms with E-state index in [-0.39, 0.29) is 11.4 Å². The van der Waals surface area contributed by atoms with Gasteiger partial charge in [0.1, 0.15) is 0 Å². The lowest BCUT2D eigenvalue weighted by atomic mass is 9.71. The van der Waals surface area contributed by atoms with E-state index in [2.05, 4.69) is 0 Å². The van der Waals surface area contributed by atoms with Crippen molar-refractivity contribution < 1.29 is 9.53 Å². The molecule has 3 fully saturated rings. The van der Waals surface area contributed by atoms with Gasteiger partial charge in [0, 0.05) is 6.54 Å². The van der Waals surface area contributed by atoms with Crippen molar-refractivity contribution in [3.8, 4) is 0 Å². The fraction of sp³-hybridized carbons (Fsp3) is 0.938. The van der Waals surface area contributed by atoms with E-state index in [1.54, 1.807) is 0 Å². The van der Waals surface area contributed by atoms with Crippen LogP contribution in [0.1, 0.15) is 51.4 Å². The number of carbonyl (C=O) groups excluding carboxylic acids is 1. The molecular formula is C16H27NO2. The van der Waals surface area contributed by atoms with Gasteiger partial charge in [-0.2, -0.15) is 0 Å². The van der Waals surface area contributed by atoms with Crippen molar-refractivity contribution in [2.45, 2.75) is 51.4 Å². The van der Waals surface area contributed by atoms with E-state index < -0.39 is 0 Å². The van der Waals surface area contributed by atoms with Crippen molar-refractivity contribution in [1.82, 2.24) is 0 Å². The largest absolute Gasteiger partial charge is 0.469 e. The molecule has 0 radical (unpaired) electrons. The van der Waals surface area contributed by atoms with Gasteiger partial charge >= 0.3 is 5.97 Å². The zero-order valence-electron chi connectivity index (χ0n) is 12.1. The first kappa shape index (κ1) is 13.4. The second kappa shape index (κ2) is 5.08. The number of nitrogens with two attached hydrogens (primary N) is 1. The van der Waals surface area contributed by atoms with E-state index in [4.69, 9.17) is 10.5 Å². The van der Waals surface area contributed by atoms with E-state index >= 15 is 0 Å². The second-order valence-electron chi connectivity index (χ2n) is 7.26. The van der Waals surface area contributed by atoms with Gasteiger partial charge in [0.2, 0.25) is 0 Å². The Hall–Kier alpha value is -0.570. The molecule has 0 aromatic rings. The maximum atomic E-state index is 12.3. The molecule has 0 aromatic carbocycles. The first-order chi connectivity index (χ1) is 9.16. The van der Waals surface area contributed by atoms with Crippen molar-refractivity contribution in [2.24, 2.45) is 34.8 Å². The Morgan fingerprint density at radius 2 is 2.00 bits per heavy atom. The minimum atomic E-state index is -0.384. The maximum absolute atomic E-state index is 12.3. The third-order valence-electron chi connectivity index (χ3n) is 5.92. The van der Waals surface area contributed by atoms with Crippen LogP contribution in [0.15, 0.2) is 0 Å². The summed E-state index contributed by atoms with van der Waals surface area (Å²) in [4.78, 5) is 12.3. The van der Waals surface area contributed by atoms with Gasteiger partial charge in [-0.1, -0.05) is 19.3 Å². The van der Waals surface area contributed by atoms with E-state index in [1.165, 1.54) is 45.6 Å². The molecule has 0 aromatic heterocycles. The van der Waals surface area contributed by atoms with Crippen molar-refractivity contribution >= 4 is 5.97 Å². The molecule has 3 saturated carbocycles. The van der Waals surface area contributed by atoms with Crippen LogP contribution in [0.3, 0.4) is 0 Å². The summed E-state index contributed by atoms with van der Waals surface area (Å²) in [5.41, 5.74) is 5.65. The number of ether oxygens (including phenoxy) is 1. The Bertz CT molecular complexity index is 353. The standard InChI is InChI=1S/C16H27NO2/c1-19-15(18)16(10-17,8-11-2-3-11)9-14-7-12-4-5-13(14)6-12/h11-14H,2-10,17H2,1H3. The number of fused-ring (bicyclic) bond motifs is 2. The topological polar surface area (TPSA) is 52.3 Å². The highest BCUT2D eigenvalue weighted by molar-refractivity contribution is 5.77. The molecule has 2 bridgehead atoms. The van der Waals surface area contributed by atoms with Crippen LogP contribution < -0.4 is 5.73 Å². The molecule has 19 heavy (non-hydrogen) atoms. The van der Waals surface area contributed by atoms with Crippen LogP contribution in [0, 0.1) is 29.1 Å². The molecule has 3 aliphatic carbocycles. The molecule has 4 atom stereocenters. The molecule has 0 aliphatic heterocycles.